The summed E-state index contributed by atoms with van der Waals surface area (Å²) in [5.74, 6) is -1.21. The molecule has 0 N–H and O–H groups in total. The Kier molecular flexibility index (Phi) is 21.8. The monoisotopic (exact) mass is 689 g/mol. The molecule has 1 saturated carbocycles. The van der Waals surface area contributed by atoms with Gasteiger partial charge in [-0.3, -0.25) is 4.79 Å². The van der Waals surface area contributed by atoms with Crippen molar-refractivity contribution in [1.29, 1.82) is 0 Å². The molecule has 3 aromatic rings. The quantitative estimate of drug-likeness (QED) is 0.0272. The summed E-state index contributed by atoms with van der Waals surface area (Å²) in [7, 11) is 0. The van der Waals surface area contributed by atoms with Gasteiger partial charge in [-0.25, -0.2) is 35.3 Å². The fraction of sp³-hybridized carbons (Fsp3) is 0.419. The Morgan fingerprint density at radius 2 is 1.22 bits per heavy atom. The summed E-state index contributed by atoms with van der Waals surface area (Å²) in [5.41, 5.74) is -0.715. The van der Waals surface area contributed by atoms with Crippen LogP contribution in [0.1, 0.15) is 120 Å². The van der Waals surface area contributed by atoms with Gasteiger partial charge < -0.3 is 45.6 Å². The van der Waals surface area contributed by atoms with E-state index in [2.05, 4.69) is 33.6 Å². The number of benzene rings is 3. The number of hydrogen-bond donors (Lipinski definition) is 0. The summed E-state index contributed by atoms with van der Waals surface area (Å²) in [5, 5.41) is 0. The van der Waals surface area contributed by atoms with Crippen LogP contribution in [0.5, 0.6) is 0 Å². The van der Waals surface area contributed by atoms with Gasteiger partial charge in [0.05, 0.1) is 0 Å². The van der Waals surface area contributed by atoms with E-state index in [1.54, 1.807) is 72.8 Å². The molecule has 51 heavy (non-hydrogen) atoms. The maximum absolute atomic E-state index is 14.3. The van der Waals surface area contributed by atoms with Gasteiger partial charge in [0, 0.05) is 29.2 Å². The Hall–Kier alpha value is -3.53. The molecule has 1 fully saturated rings. The van der Waals surface area contributed by atoms with Gasteiger partial charge in [0.2, 0.25) is 0 Å². The van der Waals surface area contributed by atoms with Crippen molar-refractivity contribution in [2.24, 2.45) is 0 Å². The van der Waals surface area contributed by atoms with Gasteiger partial charge >= 0.3 is 37.0 Å². The smallest absolute Gasteiger partial charge is 0.464 e. The molecule has 0 heterocycles. The van der Waals surface area contributed by atoms with Crippen LogP contribution < -0.4 is 18.9 Å². The van der Waals surface area contributed by atoms with E-state index in [4.69, 9.17) is 18.9 Å². The molecule has 1 atom stereocenters. The molecule has 8 heteroatoms. The molecule has 0 unspecified atom stereocenters. The Morgan fingerprint density at radius 3 is 1.73 bits per heavy atom. The van der Waals surface area contributed by atoms with Crippen molar-refractivity contribution >= 4 is 18.1 Å². The van der Waals surface area contributed by atoms with Gasteiger partial charge in [0.1, 0.15) is 0 Å². The van der Waals surface area contributed by atoms with Gasteiger partial charge in [-0.2, -0.15) is 0 Å². The molecule has 272 valence electrons. The molecule has 7 nitrogen and oxygen atoms in total. The van der Waals surface area contributed by atoms with E-state index < -0.39 is 36.1 Å². The fourth-order valence-corrected chi connectivity index (χ4v) is 5.59. The van der Waals surface area contributed by atoms with E-state index >= 15 is 0 Å². The standard InChI is InChI=1S/C39H46O7.C4H8.Li/c1-2-3-4-5-6-7-21-30-35(40)44-36(31-22-13-10-14-23-31)45-38(42)46-39(32-24-15-11-16-25-32,33-26-17-12-18-27-33)37(41)43-34-28-19-8-9-20-29-34;1-3-4-2;/h10-20,22-27,34,36H,2-9,21,28-30H2,1H3;1-4H2;/q2*-2;+1/t36-;;/m1../s1. The van der Waals surface area contributed by atoms with Crippen LogP contribution in [0.4, 0.5) is 4.79 Å². The summed E-state index contributed by atoms with van der Waals surface area (Å²) in [6.45, 7) is 9.27. The zero-order valence-corrected chi connectivity index (χ0v) is 30.6. The topological polar surface area (TPSA) is 88.1 Å². The van der Waals surface area contributed by atoms with Gasteiger partial charge in [-0.1, -0.05) is 136 Å². The SMILES string of the molecule is CCCCCCCCCC(=O)O[C@H](OC(=O)OC(C(=O)OC1C[CH-]CC[CH-]C1)(c1ccccc1)c1ccccc1)c1ccccc1.[CH2-]CC[CH2-].[Li+]. The van der Waals surface area contributed by atoms with Gasteiger partial charge in [-0.05, 0) is 6.42 Å². The molecule has 0 amide bonds. The van der Waals surface area contributed by atoms with Gasteiger partial charge in [0.25, 0.3) is 11.9 Å². The predicted octanol–water partition coefficient (Wildman–Crippen LogP) is 7.80. The van der Waals surface area contributed by atoms with E-state index in [0.717, 1.165) is 44.9 Å². The second kappa shape index (κ2) is 25.4. The zero-order valence-electron chi connectivity index (χ0n) is 30.6. The molecule has 0 radical (unpaired) electrons. The second-order valence-corrected chi connectivity index (χ2v) is 12.3. The first kappa shape index (κ1) is 43.6. The van der Waals surface area contributed by atoms with Gasteiger partial charge in [-0.15, -0.1) is 12.8 Å². The molecule has 0 saturated heterocycles. The summed E-state index contributed by atoms with van der Waals surface area (Å²) >= 11 is 0. The largest absolute Gasteiger partial charge is 1.00 e. The first-order valence-electron chi connectivity index (χ1n) is 18.1. The molecule has 1 aliphatic carbocycles. The predicted molar refractivity (Wildman–Crippen MR) is 196 cm³/mol. The first-order chi connectivity index (χ1) is 24.4. The summed E-state index contributed by atoms with van der Waals surface area (Å²) in [4.78, 5) is 40.9. The molecule has 0 spiro atoms. The van der Waals surface area contributed by atoms with Crippen LogP contribution in [0.3, 0.4) is 0 Å². The molecule has 4 rings (SSSR count). The van der Waals surface area contributed by atoms with Crippen LogP contribution in [0.15, 0.2) is 91.0 Å². The normalized spacial score (nSPS) is 13.6. The minimum Gasteiger partial charge on any atom is -0.464 e. The molecular weight excluding hydrogens is 635 g/mol. The third kappa shape index (κ3) is 14.9. The number of ether oxygens (including phenoxy) is 4. The van der Waals surface area contributed by atoms with E-state index in [9.17, 15) is 14.4 Å². The number of rotatable bonds is 17. The Morgan fingerprint density at radius 1 is 0.725 bits per heavy atom. The van der Waals surface area contributed by atoms with Crippen molar-refractivity contribution in [2.75, 3.05) is 0 Å². The molecule has 1 aliphatic rings. The van der Waals surface area contributed by atoms with Crippen molar-refractivity contribution in [3.63, 3.8) is 0 Å². The summed E-state index contributed by atoms with van der Waals surface area (Å²) in [6.07, 6.45) is 13.8. The Bertz CT molecular complexity index is 1320. The molecule has 0 bridgehead atoms. The maximum atomic E-state index is 14.3. The molecular formula is C43H54LiO7-3. The van der Waals surface area contributed by atoms with Crippen molar-refractivity contribution < 1.29 is 52.2 Å². The Balaban J connectivity index is 0.00000171. The number of esters is 2. The second-order valence-electron chi connectivity index (χ2n) is 12.3. The van der Waals surface area contributed by atoms with E-state index in [1.807, 2.05) is 18.2 Å². The number of unbranched alkanes of at least 4 members (excludes halogenated alkanes) is 7. The summed E-state index contributed by atoms with van der Waals surface area (Å²) in [6, 6.07) is 26.3. The number of carbonyl (C=O) groups is 3. The van der Waals surface area contributed by atoms with Crippen LogP contribution in [-0.4, -0.2) is 24.2 Å². The molecule has 0 aromatic heterocycles. The maximum Gasteiger partial charge on any atom is 1.00 e. The average Bonchev–Trinajstić information content (AvgIpc) is 3.43. The van der Waals surface area contributed by atoms with Crippen molar-refractivity contribution in [2.45, 2.75) is 115 Å². The van der Waals surface area contributed by atoms with E-state index in [-0.39, 0.29) is 25.3 Å². The van der Waals surface area contributed by atoms with Crippen LogP contribution in [0.25, 0.3) is 0 Å². The number of hydrogen-bond acceptors (Lipinski definition) is 7. The van der Waals surface area contributed by atoms with Gasteiger partial charge in [0.15, 0.2) is 0 Å². The summed E-state index contributed by atoms with van der Waals surface area (Å²) < 4.78 is 23.5. The van der Waals surface area contributed by atoms with Crippen molar-refractivity contribution in [3.8, 4) is 0 Å². The van der Waals surface area contributed by atoms with Crippen LogP contribution >= 0.6 is 0 Å². The fourth-order valence-electron chi connectivity index (χ4n) is 5.59. The third-order valence-electron chi connectivity index (χ3n) is 8.34. The van der Waals surface area contributed by atoms with Crippen LogP contribution in [-0.2, 0) is 34.1 Å². The van der Waals surface area contributed by atoms with Crippen LogP contribution in [0, 0.1) is 26.7 Å². The Labute approximate surface area is 318 Å². The van der Waals surface area contributed by atoms with E-state index in [0.29, 0.717) is 36.0 Å². The van der Waals surface area contributed by atoms with Crippen LogP contribution in [0.2, 0.25) is 0 Å². The third-order valence-corrected chi connectivity index (χ3v) is 8.34. The van der Waals surface area contributed by atoms with Crippen molar-refractivity contribution in [1.82, 2.24) is 0 Å². The van der Waals surface area contributed by atoms with E-state index in [1.165, 1.54) is 19.3 Å². The molecule has 0 aliphatic heterocycles. The van der Waals surface area contributed by atoms with Crippen molar-refractivity contribution in [3.05, 3.63) is 134 Å². The zero-order chi connectivity index (χ0) is 35.9. The first-order valence-corrected chi connectivity index (χ1v) is 18.1. The minimum absolute atomic E-state index is 0. The minimum atomic E-state index is -1.98. The average molecular weight is 690 g/mol. The number of carbonyl (C=O) groups excluding carboxylic acids is 3. The molecule has 3 aromatic carbocycles.